The molecule has 0 saturated carbocycles. The zero-order valence-electron chi connectivity index (χ0n) is 14.1. The quantitative estimate of drug-likeness (QED) is 0.546. The van der Waals surface area contributed by atoms with Crippen LogP contribution in [0.1, 0.15) is 24.9 Å². The predicted octanol–water partition coefficient (Wildman–Crippen LogP) is 5.42. The van der Waals surface area contributed by atoms with Gasteiger partial charge in [-0.05, 0) is 48.4 Å². The molecule has 0 aliphatic rings. The maximum Gasteiger partial charge on any atom is 0.205 e. The molecule has 0 bridgehead atoms. The molecule has 0 aliphatic carbocycles. The van der Waals surface area contributed by atoms with Gasteiger partial charge in [-0.3, -0.25) is 9.65 Å². The molecule has 0 amide bonds. The summed E-state index contributed by atoms with van der Waals surface area (Å²) >= 11 is 3.48. The van der Waals surface area contributed by atoms with Crippen LogP contribution < -0.4 is 15.7 Å². The van der Waals surface area contributed by atoms with E-state index in [1.54, 1.807) is 0 Å². The van der Waals surface area contributed by atoms with Crippen LogP contribution in [0.5, 0.6) is 0 Å². The Morgan fingerprint density at radius 1 is 0.840 bits per heavy atom. The van der Waals surface area contributed by atoms with Crippen molar-refractivity contribution in [2.75, 3.05) is 0 Å². The Balaban J connectivity index is 2.03. The van der Waals surface area contributed by atoms with E-state index in [2.05, 4.69) is 40.1 Å². The minimum absolute atomic E-state index is 0.0133. The van der Waals surface area contributed by atoms with E-state index >= 15 is 0 Å². The Hall–Kier alpha value is -1.67. The Morgan fingerprint density at radius 3 is 1.76 bits per heavy atom. The predicted molar refractivity (Wildman–Crippen MR) is 110 cm³/mol. The van der Waals surface area contributed by atoms with E-state index in [1.165, 1.54) is 0 Å². The standard InChI is InChI=1S/C21H21BrNOP/c1-2-21(17-13-15-18(22)16-14-17)23-25(24,19-9-5-3-6-10-19)20-11-7-4-8-12-20/h3-16,21H,2H2,1H3,(H,23,24). The average Bonchev–Trinajstić information content (AvgIpc) is 2.68. The number of hydrogen-bond acceptors (Lipinski definition) is 1. The van der Waals surface area contributed by atoms with Crippen molar-refractivity contribution in [2.45, 2.75) is 19.4 Å². The molecule has 0 heterocycles. The van der Waals surface area contributed by atoms with E-state index in [1.807, 2.05) is 72.8 Å². The number of halogens is 1. The minimum Gasteiger partial charge on any atom is -0.297 e. The summed E-state index contributed by atoms with van der Waals surface area (Å²) in [4.78, 5) is 0. The van der Waals surface area contributed by atoms with Gasteiger partial charge in [-0.1, -0.05) is 71.4 Å². The Bertz CT molecular complexity index is 807. The van der Waals surface area contributed by atoms with Gasteiger partial charge in [0.25, 0.3) is 0 Å². The van der Waals surface area contributed by atoms with E-state index in [0.717, 1.165) is 27.1 Å². The zero-order valence-corrected chi connectivity index (χ0v) is 16.6. The molecule has 3 aromatic rings. The summed E-state index contributed by atoms with van der Waals surface area (Å²) in [5, 5.41) is 5.15. The average molecular weight is 414 g/mol. The molecule has 25 heavy (non-hydrogen) atoms. The van der Waals surface area contributed by atoms with Crippen LogP contribution in [0.25, 0.3) is 0 Å². The first-order valence-electron chi connectivity index (χ1n) is 8.38. The summed E-state index contributed by atoms with van der Waals surface area (Å²) in [6.45, 7) is 2.11. The SMILES string of the molecule is CCC(NP(=O)(c1ccccc1)c1ccccc1)c1ccc(Br)cc1. The highest BCUT2D eigenvalue weighted by Crippen LogP contribution is 2.42. The largest absolute Gasteiger partial charge is 0.297 e. The van der Waals surface area contributed by atoms with E-state index < -0.39 is 7.29 Å². The molecule has 0 saturated heterocycles. The van der Waals surface area contributed by atoms with Gasteiger partial charge in [-0.2, -0.15) is 0 Å². The normalized spacial score (nSPS) is 12.7. The smallest absolute Gasteiger partial charge is 0.205 e. The summed E-state index contributed by atoms with van der Waals surface area (Å²) in [5.41, 5.74) is 1.14. The van der Waals surface area contributed by atoms with Crippen LogP contribution in [0.4, 0.5) is 0 Å². The molecule has 0 spiro atoms. The lowest BCUT2D eigenvalue weighted by molar-refractivity contribution is 0.555. The van der Waals surface area contributed by atoms with E-state index in [-0.39, 0.29) is 6.04 Å². The second-order valence-electron chi connectivity index (χ2n) is 5.92. The fraction of sp³-hybridized carbons (Fsp3) is 0.143. The van der Waals surface area contributed by atoms with E-state index in [0.29, 0.717) is 0 Å². The third-order valence-corrected chi connectivity index (χ3v) is 7.51. The van der Waals surface area contributed by atoms with Crippen LogP contribution in [0.15, 0.2) is 89.4 Å². The van der Waals surface area contributed by atoms with Gasteiger partial charge in [0.1, 0.15) is 0 Å². The highest BCUT2D eigenvalue weighted by Gasteiger charge is 2.29. The lowest BCUT2D eigenvalue weighted by atomic mass is 10.1. The molecule has 1 unspecified atom stereocenters. The molecular formula is C21H21BrNOP. The molecule has 0 radical (unpaired) electrons. The summed E-state index contributed by atoms with van der Waals surface area (Å²) in [6.07, 6.45) is 0.852. The molecule has 2 nitrogen and oxygen atoms in total. The number of rotatable bonds is 6. The van der Waals surface area contributed by atoms with Crippen molar-refractivity contribution in [2.24, 2.45) is 0 Å². The van der Waals surface area contributed by atoms with E-state index in [4.69, 9.17) is 0 Å². The minimum atomic E-state index is -2.94. The molecule has 0 aliphatic heterocycles. The summed E-state index contributed by atoms with van der Waals surface area (Å²) in [6, 6.07) is 27.6. The molecular weight excluding hydrogens is 393 g/mol. The van der Waals surface area contributed by atoms with Crippen molar-refractivity contribution in [3.63, 3.8) is 0 Å². The fourth-order valence-electron chi connectivity index (χ4n) is 2.89. The van der Waals surface area contributed by atoms with Crippen molar-refractivity contribution >= 4 is 33.8 Å². The summed E-state index contributed by atoms with van der Waals surface area (Å²) in [5.74, 6) is 0. The maximum absolute atomic E-state index is 14.1. The van der Waals surface area contributed by atoms with Crippen molar-refractivity contribution in [3.8, 4) is 0 Å². The Morgan fingerprint density at radius 2 is 1.32 bits per heavy atom. The number of hydrogen-bond donors (Lipinski definition) is 1. The lowest BCUT2D eigenvalue weighted by Gasteiger charge is -2.26. The first-order chi connectivity index (χ1) is 12.1. The molecule has 1 atom stereocenters. The van der Waals surface area contributed by atoms with Gasteiger partial charge in [-0.25, -0.2) is 0 Å². The summed E-state index contributed by atoms with van der Waals surface area (Å²) < 4.78 is 15.1. The van der Waals surface area contributed by atoms with Gasteiger partial charge in [0, 0.05) is 21.1 Å². The van der Waals surface area contributed by atoms with Crippen molar-refractivity contribution in [1.82, 2.24) is 5.09 Å². The highest BCUT2D eigenvalue weighted by molar-refractivity contribution is 9.10. The Labute approximate surface area is 157 Å². The number of nitrogens with one attached hydrogen (secondary N) is 1. The van der Waals surface area contributed by atoms with Gasteiger partial charge < -0.3 is 0 Å². The molecule has 128 valence electrons. The fourth-order valence-corrected chi connectivity index (χ4v) is 5.71. The van der Waals surface area contributed by atoms with Crippen LogP contribution in [-0.2, 0) is 4.57 Å². The zero-order chi connectivity index (χ0) is 17.7. The van der Waals surface area contributed by atoms with Gasteiger partial charge in [0.05, 0.1) is 0 Å². The lowest BCUT2D eigenvalue weighted by Crippen LogP contribution is -2.30. The number of benzene rings is 3. The Kier molecular flexibility index (Phi) is 5.90. The van der Waals surface area contributed by atoms with Gasteiger partial charge in [0.15, 0.2) is 0 Å². The van der Waals surface area contributed by atoms with E-state index in [9.17, 15) is 4.57 Å². The van der Waals surface area contributed by atoms with Crippen LogP contribution in [0.2, 0.25) is 0 Å². The van der Waals surface area contributed by atoms with Crippen LogP contribution in [-0.4, -0.2) is 0 Å². The van der Waals surface area contributed by atoms with Gasteiger partial charge in [-0.15, -0.1) is 0 Å². The molecule has 0 fully saturated rings. The second-order valence-corrected chi connectivity index (χ2v) is 9.35. The third kappa shape index (κ3) is 4.12. The van der Waals surface area contributed by atoms with Crippen molar-refractivity contribution < 1.29 is 4.57 Å². The van der Waals surface area contributed by atoms with Crippen molar-refractivity contribution in [1.29, 1.82) is 0 Å². The molecule has 3 aromatic carbocycles. The van der Waals surface area contributed by atoms with Gasteiger partial charge >= 0.3 is 0 Å². The van der Waals surface area contributed by atoms with Crippen LogP contribution >= 0.6 is 23.2 Å². The van der Waals surface area contributed by atoms with Crippen LogP contribution in [0.3, 0.4) is 0 Å². The van der Waals surface area contributed by atoms with Crippen molar-refractivity contribution in [3.05, 3.63) is 95.0 Å². The topological polar surface area (TPSA) is 29.1 Å². The van der Waals surface area contributed by atoms with Crippen LogP contribution in [0, 0.1) is 0 Å². The highest BCUT2D eigenvalue weighted by atomic mass is 79.9. The monoisotopic (exact) mass is 413 g/mol. The molecule has 0 aromatic heterocycles. The first-order valence-corrected chi connectivity index (χ1v) is 10.9. The molecule has 3 rings (SSSR count). The third-order valence-electron chi connectivity index (χ3n) is 4.26. The second kappa shape index (κ2) is 8.14. The first kappa shape index (κ1) is 18.1. The molecule has 1 N–H and O–H groups in total. The summed E-state index contributed by atoms with van der Waals surface area (Å²) in [7, 11) is -2.94. The van der Waals surface area contributed by atoms with Gasteiger partial charge in [0.2, 0.25) is 7.29 Å². The molecule has 4 heteroatoms. The maximum atomic E-state index is 14.1.